The number of benzene rings is 2. The van der Waals surface area contributed by atoms with Gasteiger partial charge < -0.3 is 10.5 Å². The molecule has 0 spiro atoms. The molecule has 0 saturated carbocycles. The molecule has 0 radical (unpaired) electrons. The number of nitrogens with zero attached hydrogens (tertiary/aromatic N) is 1. The third-order valence-electron chi connectivity index (χ3n) is 3.80. The summed E-state index contributed by atoms with van der Waals surface area (Å²) < 4.78 is 5.85. The van der Waals surface area contributed by atoms with Gasteiger partial charge >= 0.3 is 0 Å². The molecule has 4 heteroatoms. The second-order valence-electron chi connectivity index (χ2n) is 5.77. The van der Waals surface area contributed by atoms with Crippen LogP contribution in [0.5, 0.6) is 5.75 Å². The summed E-state index contributed by atoms with van der Waals surface area (Å²) in [6.07, 6.45) is 1.46. The Morgan fingerprint density at radius 1 is 1.17 bits per heavy atom. The summed E-state index contributed by atoms with van der Waals surface area (Å²) >= 11 is 0. The molecule has 0 fully saturated rings. The van der Waals surface area contributed by atoms with Crippen molar-refractivity contribution in [1.82, 2.24) is 0 Å². The maximum absolute atomic E-state index is 11.1. The number of hydrogen-bond acceptors (Lipinski definition) is 3. The topological polar surface area (TPSA) is 76.1 Å². The molecule has 2 aromatic rings. The first-order chi connectivity index (χ1) is 11.4. The molecular formula is C20H20N2O2. The SMILES string of the molecule is Cc1cc(C)c(COc2ccc(/C=C(\C#N)C(N)=O)cc2)c(C)c1. The van der Waals surface area contributed by atoms with Crippen LogP contribution in [-0.4, -0.2) is 5.91 Å². The minimum Gasteiger partial charge on any atom is -0.489 e. The highest BCUT2D eigenvalue weighted by Crippen LogP contribution is 2.20. The van der Waals surface area contributed by atoms with E-state index in [1.54, 1.807) is 30.3 Å². The quantitative estimate of drug-likeness (QED) is 0.675. The number of hydrogen-bond donors (Lipinski definition) is 1. The summed E-state index contributed by atoms with van der Waals surface area (Å²) in [5.41, 5.74) is 10.6. The maximum atomic E-state index is 11.1. The first kappa shape index (κ1) is 17.3. The number of amides is 1. The van der Waals surface area contributed by atoms with E-state index in [1.165, 1.54) is 28.3 Å². The lowest BCUT2D eigenvalue weighted by Gasteiger charge is -2.13. The number of rotatable bonds is 5. The monoisotopic (exact) mass is 320 g/mol. The van der Waals surface area contributed by atoms with Gasteiger partial charge in [-0.25, -0.2) is 0 Å². The van der Waals surface area contributed by atoms with Crippen LogP contribution in [0.1, 0.15) is 27.8 Å². The van der Waals surface area contributed by atoms with Gasteiger partial charge in [-0.1, -0.05) is 29.8 Å². The molecule has 0 aromatic heterocycles. The van der Waals surface area contributed by atoms with Gasteiger partial charge in [0.25, 0.3) is 5.91 Å². The van der Waals surface area contributed by atoms with Crippen LogP contribution in [-0.2, 0) is 11.4 Å². The highest BCUT2D eigenvalue weighted by molar-refractivity contribution is 6.00. The maximum Gasteiger partial charge on any atom is 0.259 e. The second-order valence-corrected chi connectivity index (χ2v) is 5.77. The molecule has 0 heterocycles. The first-order valence-corrected chi connectivity index (χ1v) is 7.62. The van der Waals surface area contributed by atoms with E-state index in [9.17, 15) is 4.79 Å². The van der Waals surface area contributed by atoms with Gasteiger partial charge in [0, 0.05) is 0 Å². The Kier molecular flexibility index (Phi) is 5.39. The van der Waals surface area contributed by atoms with Crippen molar-refractivity contribution in [3.05, 3.63) is 69.8 Å². The molecule has 2 aromatic carbocycles. The second kappa shape index (κ2) is 7.47. The number of primary amides is 1. The third-order valence-corrected chi connectivity index (χ3v) is 3.80. The van der Waals surface area contributed by atoms with E-state index >= 15 is 0 Å². The van der Waals surface area contributed by atoms with Gasteiger partial charge in [-0.3, -0.25) is 4.79 Å². The Morgan fingerprint density at radius 3 is 2.25 bits per heavy atom. The van der Waals surface area contributed by atoms with Crippen molar-refractivity contribution >= 4 is 12.0 Å². The molecule has 0 bridgehead atoms. The summed E-state index contributed by atoms with van der Waals surface area (Å²) in [7, 11) is 0. The van der Waals surface area contributed by atoms with Crippen LogP contribution in [0.15, 0.2) is 42.0 Å². The van der Waals surface area contributed by atoms with Crippen LogP contribution in [0.2, 0.25) is 0 Å². The van der Waals surface area contributed by atoms with Crippen molar-refractivity contribution in [2.75, 3.05) is 0 Å². The predicted octanol–water partition coefficient (Wildman–Crippen LogP) is 3.58. The van der Waals surface area contributed by atoms with Crippen molar-refractivity contribution in [2.24, 2.45) is 5.73 Å². The summed E-state index contributed by atoms with van der Waals surface area (Å²) in [6.45, 7) is 6.75. The van der Waals surface area contributed by atoms with Gasteiger partial charge in [0.2, 0.25) is 0 Å². The van der Waals surface area contributed by atoms with Crippen LogP contribution in [0.3, 0.4) is 0 Å². The van der Waals surface area contributed by atoms with Crippen molar-refractivity contribution in [3.8, 4) is 11.8 Å². The molecule has 0 unspecified atom stereocenters. The van der Waals surface area contributed by atoms with Crippen LogP contribution in [0.25, 0.3) is 6.08 Å². The van der Waals surface area contributed by atoms with E-state index in [2.05, 4.69) is 32.9 Å². The molecule has 0 aliphatic heterocycles. The van der Waals surface area contributed by atoms with Crippen LogP contribution >= 0.6 is 0 Å². The Morgan fingerprint density at radius 2 is 1.75 bits per heavy atom. The van der Waals surface area contributed by atoms with Gasteiger partial charge in [0.1, 0.15) is 24.0 Å². The van der Waals surface area contributed by atoms with Gasteiger partial charge in [-0.15, -0.1) is 0 Å². The van der Waals surface area contributed by atoms with E-state index in [-0.39, 0.29) is 5.57 Å². The van der Waals surface area contributed by atoms with Crippen LogP contribution < -0.4 is 10.5 Å². The predicted molar refractivity (Wildman–Crippen MR) is 94.2 cm³/mol. The van der Waals surface area contributed by atoms with Crippen LogP contribution in [0.4, 0.5) is 0 Å². The summed E-state index contributed by atoms with van der Waals surface area (Å²) in [5.74, 6) is -0.00717. The normalized spacial score (nSPS) is 11.0. The van der Waals surface area contributed by atoms with Gasteiger partial charge in [0.05, 0.1) is 0 Å². The smallest absolute Gasteiger partial charge is 0.259 e. The fourth-order valence-electron chi connectivity index (χ4n) is 2.58. The molecule has 0 aliphatic rings. The number of nitriles is 1. The molecule has 0 atom stereocenters. The molecule has 1 amide bonds. The van der Waals surface area contributed by atoms with Crippen molar-refractivity contribution in [3.63, 3.8) is 0 Å². The average molecular weight is 320 g/mol. The number of carbonyl (C=O) groups is 1. The lowest BCUT2D eigenvalue weighted by atomic mass is 10.0. The summed E-state index contributed by atoms with van der Waals surface area (Å²) in [4.78, 5) is 11.1. The Bertz CT molecular complexity index is 805. The number of carbonyl (C=O) groups excluding carboxylic acids is 1. The lowest BCUT2D eigenvalue weighted by Crippen LogP contribution is -2.12. The zero-order valence-electron chi connectivity index (χ0n) is 14.1. The molecule has 2 rings (SSSR count). The zero-order chi connectivity index (χ0) is 17.7. The highest BCUT2D eigenvalue weighted by atomic mass is 16.5. The molecule has 122 valence electrons. The van der Waals surface area contributed by atoms with E-state index in [4.69, 9.17) is 15.7 Å². The van der Waals surface area contributed by atoms with Crippen molar-refractivity contribution < 1.29 is 9.53 Å². The van der Waals surface area contributed by atoms with Gasteiger partial charge in [-0.2, -0.15) is 5.26 Å². The zero-order valence-corrected chi connectivity index (χ0v) is 14.1. The molecule has 4 nitrogen and oxygen atoms in total. The number of aryl methyl sites for hydroxylation is 3. The molecule has 0 saturated heterocycles. The summed E-state index contributed by atoms with van der Waals surface area (Å²) in [5, 5.41) is 8.85. The Hall–Kier alpha value is -3.06. The largest absolute Gasteiger partial charge is 0.489 e. The number of ether oxygens (including phenoxy) is 1. The van der Waals surface area contributed by atoms with Gasteiger partial charge in [0.15, 0.2) is 0 Å². The van der Waals surface area contributed by atoms with Crippen molar-refractivity contribution in [1.29, 1.82) is 5.26 Å². The Balaban J connectivity index is 2.11. The fraction of sp³-hybridized carbons (Fsp3) is 0.200. The van der Waals surface area contributed by atoms with E-state index < -0.39 is 5.91 Å². The third kappa shape index (κ3) is 4.23. The minimum atomic E-state index is -0.733. The van der Waals surface area contributed by atoms with E-state index in [1.807, 2.05) is 0 Å². The summed E-state index contributed by atoms with van der Waals surface area (Å²) in [6, 6.07) is 13.3. The number of nitrogens with two attached hydrogens (primary N) is 1. The molecule has 0 aliphatic carbocycles. The van der Waals surface area contributed by atoms with E-state index in [0.29, 0.717) is 6.61 Å². The van der Waals surface area contributed by atoms with E-state index in [0.717, 1.165) is 11.3 Å². The van der Waals surface area contributed by atoms with Gasteiger partial charge in [-0.05, 0) is 61.2 Å². The Labute approximate surface area is 142 Å². The molecule has 2 N–H and O–H groups in total. The fourth-order valence-corrected chi connectivity index (χ4v) is 2.58. The van der Waals surface area contributed by atoms with Crippen molar-refractivity contribution in [2.45, 2.75) is 27.4 Å². The van der Waals surface area contributed by atoms with Crippen LogP contribution in [0, 0.1) is 32.1 Å². The average Bonchev–Trinajstić information content (AvgIpc) is 2.52. The lowest BCUT2D eigenvalue weighted by molar-refractivity contribution is -0.114. The molecule has 24 heavy (non-hydrogen) atoms. The first-order valence-electron chi connectivity index (χ1n) is 7.62. The standard InChI is InChI=1S/C20H20N2O2/c1-13-8-14(2)19(15(3)9-13)12-24-18-6-4-16(5-7-18)10-17(11-21)20(22)23/h4-10H,12H2,1-3H3,(H2,22,23)/b17-10+. The minimum absolute atomic E-state index is 0.0745. The highest BCUT2D eigenvalue weighted by Gasteiger charge is 2.06. The molecular weight excluding hydrogens is 300 g/mol.